The molecule has 0 aliphatic rings. The molecule has 0 fully saturated rings. The molecule has 16 heavy (non-hydrogen) atoms. The van der Waals surface area contributed by atoms with E-state index in [9.17, 15) is 13.8 Å². The fourth-order valence-corrected chi connectivity index (χ4v) is 2.06. The van der Waals surface area contributed by atoms with Gasteiger partial charge in [-0.2, -0.15) is 0 Å². The molecule has 6 heteroatoms. The molecule has 0 aromatic rings. The molecule has 0 bridgehead atoms. The molecule has 0 heterocycles. The van der Waals surface area contributed by atoms with Gasteiger partial charge in [0, 0.05) is 17.3 Å². The van der Waals surface area contributed by atoms with Crippen molar-refractivity contribution in [1.82, 2.24) is 5.32 Å². The van der Waals surface area contributed by atoms with Gasteiger partial charge in [-0.15, -0.1) is 0 Å². The topological polar surface area (TPSA) is 83.5 Å². The van der Waals surface area contributed by atoms with Gasteiger partial charge in [0.1, 0.15) is 10.5 Å². The Morgan fingerprint density at radius 2 is 1.69 bits per heavy atom. The maximum Gasteiger partial charge on any atom is 0.319 e. The molecule has 3 unspecified atom stereocenters. The molecule has 0 aromatic heterocycles. The number of hydrogen-bond acceptors (Lipinski definition) is 3. The van der Waals surface area contributed by atoms with Crippen molar-refractivity contribution >= 4 is 22.7 Å². The van der Waals surface area contributed by atoms with E-state index in [1.54, 1.807) is 0 Å². The van der Waals surface area contributed by atoms with E-state index in [0.29, 0.717) is 12.5 Å². The van der Waals surface area contributed by atoms with Crippen molar-refractivity contribution in [1.29, 1.82) is 0 Å². The minimum atomic E-state index is -1.70. The van der Waals surface area contributed by atoms with Crippen molar-refractivity contribution in [2.45, 2.75) is 38.2 Å². The van der Waals surface area contributed by atoms with E-state index in [1.807, 2.05) is 13.8 Å². The van der Waals surface area contributed by atoms with Gasteiger partial charge in [0.25, 0.3) is 0 Å². The smallest absolute Gasteiger partial charge is 0.319 e. The molecule has 1 amide bonds. The molecule has 94 valence electrons. The van der Waals surface area contributed by atoms with Crippen LogP contribution >= 0.6 is 0 Å². The van der Waals surface area contributed by atoms with E-state index in [-0.39, 0.29) is 5.91 Å². The molecule has 5 nitrogen and oxygen atoms in total. The highest BCUT2D eigenvalue weighted by molar-refractivity contribution is 7.87. The second kappa shape index (κ2) is 6.62. The largest absolute Gasteiger partial charge is 0.480 e. The molecule has 0 spiro atoms. The number of amides is 1. The SMILES string of the molecule is CC(C)CNC(=O)C(C)S(=O)C(C)C(=O)O. The fraction of sp³-hybridized carbons (Fsp3) is 0.800. The van der Waals surface area contributed by atoms with Gasteiger partial charge >= 0.3 is 5.97 Å². The zero-order chi connectivity index (χ0) is 12.9. The van der Waals surface area contributed by atoms with Crippen LogP contribution in [0.2, 0.25) is 0 Å². The lowest BCUT2D eigenvalue weighted by atomic mass is 10.2. The van der Waals surface area contributed by atoms with Gasteiger partial charge in [-0.25, -0.2) is 0 Å². The number of aliphatic carboxylic acids is 1. The molecule has 0 radical (unpaired) electrons. The Labute approximate surface area is 98.1 Å². The highest BCUT2D eigenvalue weighted by atomic mass is 32.2. The summed E-state index contributed by atoms with van der Waals surface area (Å²) in [5, 5.41) is 9.48. The second-order valence-electron chi connectivity index (χ2n) is 4.09. The zero-order valence-corrected chi connectivity index (χ0v) is 10.8. The van der Waals surface area contributed by atoms with E-state index in [1.165, 1.54) is 13.8 Å². The summed E-state index contributed by atoms with van der Waals surface area (Å²) in [7, 11) is -1.70. The van der Waals surface area contributed by atoms with Crippen LogP contribution in [0.4, 0.5) is 0 Å². The summed E-state index contributed by atoms with van der Waals surface area (Å²) in [5.41, 5.74) is 0. The monoisotopic (exact) mass is 249 g/mol. The van der Waals surface area contributed by atoms with Crippen LogP contribution in [0.25, 0.3) is 0 Å². The summed E-state index contributed by atoms with van der Waals surface area (Å²) in [6.07, 6.45) is 0. The van der Waals surface area contributed by atoms with Crippen LogP contribution < -0.4 is 5.32 Å². The van der Waals surface area contributed by atoms with Crippen molar-refractivity contribution < 1.29 is 18.9 Å². The predicted molar refractivity (Wildman–Crippen MR) is 62.5 cm³/mol. The Hall–Kier alpha value is -0.910. The highest BCUT2D eigenvalue weighted by Crippen LogP contribution is 2.05. The maximum absolute atomic E-state index is 11.6. The molecule has 0 saturated heterocycles. The second-order valence-corrected chi connectivity index (χ2v) is 6.16. The van der Waals surface area contributed by atoms with Crippen LogP contribution in [-0.4, -0.2) is 38.2 Å². The summed E-state index contributed by atoms with van der Waals surface area (Å²) in [6, 6.07) is 0. The average molecular weight is 249 g/mol. The molecule has 0 aliphatic carbocycles. The van der Waals surface area contributed by atoms with E-state index in [0.717, 1.165) is 0 Å². The first kappa shape index (κ1) is 15.1. The lowest BCUT2D eigenvalue weighted by molar-refractivity contribution is -0.136. The molecule has 3 atom stereocenters. The fourth-order valence-electron chi connectivity index (χ4n) is 0.959. The first-order valence-corrected chi connectivity index (χ1v) is 6.44. The summed E-state index contributed by atoms with van der Waals surface area (Å²) in [5.74, 6) is -1.21. The summed E-state index contributed by atoms with van der Waals surface area (Å²) in [4.78, 5) is 22.1. The number of carboxylic acids is 1. The number of rotatable bonds is 6. The number of carbonyl (C=O) groups excluding carboxylic acids is 1. The van der Waals surface area contributed by atoms with E-state index < -0.39 is 27.3 Å². The third kappa shape index (κ3) is 4.74. The number of nitrogens with one attached hydrogen (secondary N) is 1. The summed E-state index contributed by atoms with van der Waals surface area (Å²) >= 11 is 0. The summed E-state index contributed by atoms with van der Waals surface area (Å²) in [6.45, 7) is 7.21. The molecule has 2 N–H and O–H groups in total. The van der Waals surface area contributed by atoms with Gasteiger partial charge in [0.15, 0.2) is 0 Å². The molecular formula is C10H19NO4S. The number of hydrogen-bond donors (Lipinski definition) is 2. The third-order valence-corrected chi connectivity index (χ3v) is 3.91. The van der Waals surface area contributed by atoms with Crippen molar-refractivity contribution in [2.75, 3.05) is 6.54 Å². The standard InChI is InChI=1S/C10H19NO4S/c1-6(2)5-11-9(12)7(3)16(15)8(4)10(13)14/h6-8H,5H2,1-4H3,(H,11,12)(H,13,14). The van der Waals surface area contributed by atoms with Gasteiger partial charge in [0.05, 0.1) is 0 Å². The average Bonchev–Trinajstić information content (AvgIpc) is 2.22. The quantitative estimate of drug-likeness (QED) is 0.712. The van der Waals surface area contributed by atoms with Crippen molar-refractivity contribution in [3.05, 3.63) is 0 Å². The Bertz CT molecular complexity index is 291. The van der Waals surface area contributed by atoms with Crippen LogP contribution in [0, 0.1) is 5.92 Å². The zero-order valence-electron chi connectivity index (χ0n) is 10.0. The van der Waals surface area contributed by atoms with Gasteiger partial charge in [-0.1, -0.05) is 13.8 Å². The van der Waals surface area contributed by atoms with Crippen molar-refractivity contribution in [2.24, 2.45) is 5.92 Å². The molecule has 0 aliphatic heterocycles. The minimum Gasteiger partial charge on any atom is -0.480 e. The van der Waals surface area contributed by atoms with E-state index in [4.69, 9.17) is 5.11 Å². The first-order valence-electron chi connectivity index (χ1n) is 5.17. The first-order chi connectivity index (χ1) is 7.27. The number of carbonyl (C=O) groups is 2. The maximum atomic E-state index is 11.6. The highest BCUT2D eigenvalue weighted by Gasteiger charge is 2.28. The minimum absolute atomic E-state index is 0.307. The Balaban J connectivity index is 4.33. The van der Waals surface area contributed by atoms with Gasteiger partial charge in [-0.05, 0) is 19.8 Å². The van der Waals surface area contributed by atoms with Crippen LogP contribution in [0.1, 0.15) is 27.7 Å². The normalized spacial score (nSPS) is 16.6. The Kier molecular flexibility index (Phi) is 6.25. The predicted octanol–water partition coefficient (Wildman–Crippen LogP) is 0.369. The van der Waals surface area contributed by atoms with E-state index in [2.05, 4.69) is 5.32 Å². The Morgan fingerprint density at radius 1 is 1.19 bits per heavy atom. The lowest BCUT2D eigenvalue weighted by Crippen LogP contribution is -2.41. The van der Waals surface area contributed by atoms with Crippen LogP contribution in [0.3, 0.4) is 0 Å². The lowest BCUT2D eigenvalue weighted by Gasteiger charge is -2.15. The molecular weight excluding hydrogens is 230 g/mol. The van der Waals surface area contributed by atoms with Crippen LogP contribution in [0.15, 0.2) is 0 Å². The molecule has 0 saturated carbocycles. The van der Waals surface area contributed by atoms with Crippen LogP contribution in [-0.2, 0) is 20.4 Å². The van der Waals surface area contributed by atoms with Crippen molar-refractivity contribution in [3.8, 4) is 0 Å². The van der Waals surface area contributed by atoms with E-state index >= 15 is 0 Å². The Morgan fingerprint density at radius 3 is 2.06 bits per heavy atom. The third-order valence-electron chi connectivity index (χ3n) is 2.10. The molecule has 0 rings (SSSR count). The van der Waals surface area contributed by atoms with Gasteiger partial charge in [-0.3, -0.25) is 13.8 Å². The van der Waals surface area contributed by atoms with Gasteiger partial charge in [0.2, 0.25) is 5.91 Å². The summed E-state index contributed by atoms with van der Waals surface area (Å²) < 4.78 is 11.6. The molecule has 0 aromatic carbocycles. The van der Waals surface area contributed by atoms with Gasteiger partial charge < -0.3 is 10.4 Å². The number of carboxylic acid groups (broad SMARTS) is 1. The van der Waals surface area contributed by atoms with Crippen LogP contribution in [0.5, 0.6) is 0 Å². The van der Waals surface area contributed by atoms with Crippen molar-refractivity contribution in [3.63, 3.8) is 0 Å².